The SMILES string of the molecule is CC(C)C(N)CCN(C)C(=O)Nc1cccc(C#N)c1. The minimum atomic E-state index is -0.198. The van der Waals surface area contributed by atoms with Crippen molar-refractivity contribution >= 4 is 11.7 Å². The third kappa shape index (κ3) is 4.90. The first-order valence-corrected chi connectivity index (χ1v) is 6.72. The van der Waals surface area contributed by atoms with E-state index in [4.69, 9.17) is 11.0 Å². The summed E-state index contributed by atoms with van der Waals surface area (Å²) in [6, 6.07) is 8.77. The molecule has 0 bridgehead atoms. The lowest BCUT2D eigenvalue weighted by atomic mass is 10.0. The monoisotopic (exact) mass is 274 g/mol. The predicted octanol–water partition coefficient (Wildman–Crippen LogP) is 2.40. The quantitative estimate of drug-likeness (QED) is 0.865. The summed E-state index contributed by atoms with van der Waals surface area (Å²) in [7, 11) is 1.73. The predicted molar refractivity (Wildman–Crippen MR) is 80.2 cm³/mol. The molecule has 0 spiro atoms. The molecule has 0 aliphatic carbocycles. The van der Waals surface area contributed by atoms with Gasteiger partial charge in [0, 0.05) is 25.3 Å². The Hall–Kier alpha value is -2.06. The van der Waals surface area contributed by atoms with Crippen LogP contribution in [0.25, 0.3) is 0 Å². The zero-order chi connectivity index (χ0) is 15.1. The van der Waals surface area contributed by atoms with E-state index < -0.39 is 0 Å². The number of nitrogens with zero attached hydrogens (tertiary/aromatic N) is 2. The van der Waals surface area contributed by atoms with Crippen molar-refractivity contribution in [3.63, 3.8) is 0 Å². The molecule has 0 saturated carbocycles. The van der Waals surface area contributed by atoms with Gasteiger partial charge in [-0.25, -0.2) is 4.79 Å². The summed E-state index contributed by atoms with van der Waals surface area (Å²) in [6.45, 7) is 4.74. The number of rotatable bonds is 5. The second kappa shape index (κ2) is 7.51. The van der Waals surface area contributed by atoms with Crippen LogP contribution in [0.5, 0.6) is 0 Å². The molecule has 3 N–H and O–H groups in total. The number of amides is 2. The first-order chi connectivity index (χ1) is 9.43. The molecule has 1 unspecified atom stereocenters. The Bertz CT molecular complexity index is 493. The van der Waals surface area contributed by atoms with Gasteiger partial charge in [0.05, 0.1) is 11.6 Å². The van der Waals surface area contributed by atoms with Gasteiger partial charge in [-0.05, 0) is 30.5 Å². The van der Waals surface area contributed by atoms with Gasteiger partial charge in [-0.15, -0.1) is 0 Å². The molecule has 1 rings (SSSR count). The summed E-state index contributed by atoms with van der Waals surface area (Å²) in [5, 5.41) is 11.6. The third-order valence-electron chi connectivity index (χ3n) is 3.24. The lowest BCUT2D eigenvalue weighted by Gasteiger charge is -2.22. The van der Waals surface area contributed by atoms with Crippen LogP contribution in [0.15, 0.2) is 24.3 Å². The summed E-state index contributed by atoms with van der Waals surface area (Å²) < 4.78 is 0. The van der Waals surface area contributed by atoms with Crippen molar-refractivity contribution in [1.29, 1.82) is 5.26 Å². The van der Waals surface area contributed by atoms with Crippen molar-refractivity contribution in [2.24, 2.45) is 11.7 Å². The van der Waals surface area contributed by atoms with Crippen LogP contribution in [0.2, 0.25) is 0 Å². The van der Waals surface area contributed by atoms with Gasteiger partial charge < -0.3 is 16.0 Å². The van der Waals surface area contributed by atoms with Gasteiger partial charge >= 0.3 is 6.03 Å². The van der Waals surface area contributed by atoms with Gasteiger partial charge in [0.25, 0.3) is 0 Å². The summed E-state index contributed by atoms with van der Waals surface area (Å²) in [4.78, 5) is 13.6. The molecule has 20 heavy (non-hydrogen) atoms. The Kier molecular flexibility index (Phi) is 6.01. The molecule has 0 heterocycles. The van der Waals surface area contributed by atoms with E-state index >= 15 is 0 Å². The fourth-order valence-electron chi connectivity index (χ4n) is 1.66. The molecule has 0 radical (unpaired) electrons. The van der Waals surface area contributed by atoms with Crippen molar-refractivity contribution in [3.05, 3.63) is 29.8 Å². The Balaban J connectivity index is 2.51. The number of urea groups is 1. The summed E-state index contributed by atoms with van der Waals surface area (Å²) in [5.41, 5.74) is 7.10. The first-order valence-electron chi connectivity index (χ1n) is 6.72. The van der Waals surface area contributed by atoms with Crippen molar-refractivity contribution in [1.82, 2.24) is 4.90 Å². The molecule has 1 aromatic carbocycles. The largest absolute Gasteiger partial charge is 0.328 e. The van der Waals surface area contributed by atoms with Crippen molar-refractivity contribution < 1.29 is 4.79 Å². The fourth-order valence-corrected chi connectivity index (χ4v) is 1.66. The number of benzene rings is 1. The Labute approximate surface area is 120 Å². The number of carbonyl (C=O) groups is 1. The topological polar surface area (TPSA) is 82.2 Å². The lowest BCUT2D eigenvalue weighted by Crippen LogP contribution is -2.36. The van der Waals surface area contributed by atoms with E-state index in [2.05, 4.69) is 19.2 Å². The van der Waals surface area contributed by atoms with Crippen molar-refractivity contribution in [2.45, 2.75) is 26.3 Å². The van der Waals surface area contributed by atoms with Crippen LogP contribution in [0.1, 0.15) is 25.8 Å². The van der Waals surface area contributed by atoms with Crippen LogP contribution >= 0.6 is 0 Å². The summed E-state index contributed by atoms with van der Waals surface area (Å²) >= 11 is 0. The second-order valence-corrected chi connectivity index (χ2v) is 5.24. The highest BCUT2D eigenvalue weighted by Crippen LogP contribution is 2.11. The van der Waals surface area contributed by atoms with Crippen molar-refractivity contribution in [2.75, 3.05) is 18.9 Å². The Morgan fingerprint density at radius 2 is 2.20 bits per heavy atom. The molecule has 0 fully saturated rings. The third-order valence-corrected chi connectivity index (χ3v) is 3.24. The lowest BCUT2D eigenvalue weighted by molar-refractivity contribution is 0.219. The van der Waals surface area contributed by atoms with Crippen LogP contribution in [-0.2, 0) is 0 Å². The smallest absolute Gasteiger partial charge is 0.321 e. The average molecular weight is 274 g/mol. The van der Waals surface area contributed by atoms with Gasteiger partial charge in [0.2, 0.25) is 0 Å². The molecule has 0 saturated heterocycles. The normalized spacial score (nSPS) is 11.8. The van der Waals surface area contributed by atoms with Gasteiger partial charge in [-0.2, -0.15) is 5.26 Å². The average Bonchev–Trinajstić information content (AvgIpc) is 2.44. The first kappa shape index (κ1) is 16.0. The standard InChI is InChI=1S/C15H22N4O/c1-11(2)14(17)7-8-19(3)15(20)18-13-6-4-5-12(9-13)10-16/h4-6,9,11,14H,7-8,17H2,1-3H3,(H,18,20). The molecule has 1 atom stereocenters. The highest BCUT2D eigenvalue weighted by Gasteiger charge is 2.12. The minimum absolute atomic E-state index is 0.0900. The zero-order valence-electron chi connectivity index (χ0n) is 12.3. The minimum Gasteiger partial charge on any atom is -0.328 e. The van der Waals surface area contributed by atoms with Gasteiger partial charge in [0.15, 0.2) is 0 Å². The van der Waals surface area contributed by atoms with Crippen molar-refractivity contribution in [3.8, 4) is 6.07 Å². The second-order valence-electron chi connectivity index (χ2n) is 5.24. The number of nitrogens with one attached hydrogen (secondary N) is 1. The number of anilines is 1. The molecule has 2 amide bonds. The molecular formula is C15H22N4O. The van der Waals surface area contributed by atoms with Gasteiger partial charge in [0.1, 0.15) is 0 Å². The van der Waals surface area contributed by atoms with Crippen LogP contribution in [0.3, 0.4) is 0 Å². The molecule has 0 aliphatic rings. The number of hydrogen-bond donors (Lipinski definition) is 2. The van der Waals surface area contributed by atoms with Crippen LogP contribution in [0, 0.1) is 17.2 Å². The maximum Gasteiger partial charge on any atom is 0.321 e. The molecule has 5 nitrogen and oxygen atoms in total. The molecule has 1 aromatic rings. The van der Waals surface area contributed by atoms with Gasteiger partial charge in [-0.3, -0.25) is 0 Å². The number of hydrogen-bond acceptors (Lipinski definition) is 3. The van der Waals surface area contributed by atoms with E-state index in [0.29, 0.717) is 23.7 Å². The van der Waals surface area contributed by atoms with E-state index in [-0.39, 0.29) is 12.1 Å². The summed E-state index contributed by atoms with van der Waals surface area (Å²) in [6.07, 6.45) is 0.764. The Morgan fingerprint density at radius 3 is 2.80 bits per heavy atom. The maximum absolute atomic E-state index is 12.0. The Morgan fingerprint density at radius 1 is 1.50 bits per heavy atom. The maximum atomic E-state index is 12.0. The van der Waals surface area contributed by atoms with Gasteiger partial charge in [-0.1, -0.05) is 19.9 Å². The number of carbonyl (C=O) groups excluding carboxylic acids is 1. The van der Waals surface area contributed by atoms with E-state index in [1.54, 1.807) is 36.2 Å². The number of nitriles is 1. The molecular weight excluding hydrogens is 252 g/mol. The molecule has 5 heteroatoms. The molecule has 0 aliphatic heterocycles. The van der Waals surface area contributed by atoms with E-state index in [1.165, 1.54) is 0 Å². The number of nitrogens with two attached hydrogens (primary N) is 1. The van der Waals surface area contributed by atoms with E-state index in [0.717, 1.165) is 6.42 Å². The molecule has 108 valence electrons. The van der Waals surface area contributed by atoms with Crippen LogP contribution in [-0.4, -0.2) is 30.6 Å². The molecule has 0 aromatic heterocycles. The van der Waals surface area contributed by atoms with E-state index in [9.17, 15) is 4.79 Å². The van der Waals surface area contributed by atoms with Crippen LogP contribution in [0.4, 0.5) is 10.5 Å². The highest BCUT2D eigenvalue weighted by atomic mass is 16.2. The zero-order valence-corrected chi connectivity index (χ0v) is 12.3. The van der Waals surface area contributed by atoms with E-state index in [1.807, 2.05) is 6.07 Å². The highest BCUT2D eigenvalue weighted by molar-refractivity contribution is 5.89. The van der Waals surface area contributed by atoms with Crippen LogP contribution < -0.4 is 11.1 Å². The summed E-state index contributed by atoms with van der Waals surface area (Å²) in [5.74, 6) is 0.402. The fraction of sp³-hybridized carbons (Fsp3) is 0.467.